The molecule has 1 heterocycles. The van der Waals surface area contributed by atoms with Crippen molar-refractivity contribution in [2.75, 3.05) is 11.9 Å². The third-order valence-corrected chi connectivity index (χ3v) is 4.84. The highest BCUT2D eigenvalue weighted by molar-refractivity contribution is 6.38. The van der Waals surface area contributed by atoms with Crippen LogP contribution in [0.4, 0.5) is 5.69 Å². The van der Waals surface area contributed by atoms with Gasteiger partial charge in [-0.2, -0.15) is 0 Å². The van der Waals surface area contributed by atoms with Crippen LogP contribution in [-0.4, -0.2) is 36.2 Å². The molecular weight excluding hydrogens is 330 g/mol. The lowest BCUT2D eigenvalue weighted by Crippen LogP contribution is -2.48. The van der Waals surface area contributed by atoms with Crippen molar-refractivity contribution >= 4 is 23.3 Å². The zero-order valence-electron chi connectivity index (χ0n) is 15.8. The van der Waals surface area contributed by atoms with E-state index in [2.05, 4.69) is 16.0 Å². The molecule has 0 aromatic heterocycles. The van der Waals surface area contributed by atoms with E-state index in [0.717, 1.165) is 24.1 Å². The van der Waals surface area contributed by atoms with Gasteiger partial charge >= 0.3 is 0 Å². The van der Waals surface area contributed by atoms with Gasteiger partial charge in [0.05, 0.1) is 12.0 Å². The van der Waals surface area contributed by atoms with Gasteiger partial charge in [-0.1, -0.05) is 38.5 Å². The number of Topliss-reactive ketones (excluding diaryl/α,β-unsaturated/α-hetero) is 1. The van der Waals surface area contributed by atoms with Crippen molar-refractivity contribution in [1.82, 2.24) is 10.6 Å². The van der Waals surface area contributed by atoms with E-state index in [1.165, 1.54) is 0 Å². The maximum Gasteiger partial charge on any atom is 0.289 e. The second-order valence-electron chi connectivity index (χ2n) is 6.86. The quantitative estimate of drug-likeness (QED) is 0.560. The number of nitrogens with one attached hydrogen (secondary N) is 3. The number of fused-ring (bicyclic) bond motifs is 1. The van der Waals surface area contributed by atoms with Crippen molar-refractivity contribution in [2.24, 2.45) is 0 Å². The van der Waals surface area contributed by atoms with Crippen molar-refractivity contribution in [2.45, 2.75) is 64.5 Å². The van der Waals surface area contributed by atoms with Crippen LogP contribution >= 0.6 is 0 Å². The Bertz CT molecular complexity index is 659. The summed E-state index contributed by atoms with van der Waals surface area (Å²) in [6.07, 6.45) is 2.82. The minimum Gasteiger partial charge on any atom is -0.349 e. The molecule has 2 rings (SSSR count). The molecule has 26 heavy (non-hydrogen) atoms. The monoisotopic (exact) mass is 359 g/mol. The third-order valence-electron chi connectivity index (χ3n) is 4.84. The topological polar surface area (TPSA) is 87.3 Å². The fourth-order valence-electron chi connectivity index (χ4n) is 3.18. The van der Waals surface area contributed by atoms with Gasteiger partial charge in [0.25, 0.3) is 5.91 Å². The molecular formula is C20H29N3O3. The van der Waals surface area contributed by atoms with Gasteiger partial charge in [0.1, 0.15) is 0 Å². The molecule has 0 radical (unpaired) electrons. The highest BCUT2D eigenvalue weighted by atomic mass is 16.2. The number of carbonyl (C=O) groups excluding carboxylic acids is 3. The first-order valence-corrected chi connectivity index (χ1v) is 9.45. The first-order valence-electron chi connectivity index (χ1n) is 9.45. The molecule has 0 bridgehead atoms. The predicted molar refractivity (Wildman–Crippen MR) is 102 cm³/mol. The SMILES string of the molecule is CCCC(NC(C)CC)C(=O)C(=O)NCCC1C(=O)Nc2ccccc21. The van der Waals surface area contributed by atoms with Crippen LogP contribution in [0.5, 0.6) is 0 Å². The highest BCUT2D eigenvalue weighted by Gasteiger charge is 2.30. The lowest BCUT2D eigenvalue weighted by atomic mass is 9.97. The van der Waals surface area contributed by atoms with Gasteiger partial charge in [-0.3, -0.25) is 14.4 Å². The number of hydrogen-bond acceptors (Lipinski definition) is 4. The molecule has 0 aliphatic carbocycles. The highest BCUT2D eigenvalue weighted by Crippen LogP contribution is 2.33. The van der Waals surface area contributed by atoms with Gasteiger partial charge in [0.2, 0.25) is 11.7 Å². The smallest absolute Gasteiger partial charge is 0.289 e. The number of amides is 2. The van der Waals surface area contributed by atoms with Gasteiger partial charge in [0, 0.05) is 18.3 Å². The van der Waals surface area contributed by atoms with Gasteiger partial charge < -0.3 is 16.0 Å². The van der Waals surface area contributed by atoms with Crippen molar-refractivity contribution in [3.8, 4) is 0 Å². The van der Waals surface area contributed by atoms with Gasteiger partial charge in [-0.15, -0.1) is 0 Å². The molecule has 6 nitrogen and oxygen atoms in total. The second kappa shape index (κ2) is 9.48. The molecule has 2 amide bonds. The number of rotatable bonds is 10. The van der Waals surface area contributed by atoms with Crippen LogP contribution in [-0.2, 0) is 14.4 Å². The summed E-state index contributed by atoms with van der Waals surface area (Å²) in [5.41, 5.74) is 1.77. The number of para-hydroxylation sites is 1. The van der Waals surface area contributed by atoms with Crippen molar-refractivity contribution in [3.63, 3.8) is 0 Å². The Morgan fingerprint density at radius 2 is 1.96 bits per heavy atom. The van der Waals surface area contributed by atoms with E-state index in [-0.39, 0.29) is 17.9 Å². The van der Waals surface area contributed by atoms with Crippen LogP contribution in [0.15, 0.2) is 24.3 Å². The first-order chi connectivity index (χ1) is 12.5. The number of carbonyl (C=O) groups is 3. The summed E-state index contributed by atoms with van der Waals surface area (Å²) in [5, 5.41) is 8.75. The fourth-order valence-corrected chi connectivity index (χ4v) is 3.18. The summed E-state index contributed by atoms with van der Waals surface area (Å²) in [4.78, 5) is 36.7. The molecule has 1 aliphatic rings. The number of anilines is 1. The normalized spacial score (nSPS) is 18.0. The summed E-state index contributed by atoms with van der Waals surface area (Å²) in [6, 6.07) is 7.28. The minimum absolute atomic E-state index is 0.0610. The fraction of sp³-hybridized carbons (Fsp3) is 0.550. The maximum atomic E-state index is 12.4. The molecule has 0 saturated heterocycles. The Morgan fingerprint density at radius 3 is 2.65 bits per heavy atom. The zero-order valence-corrected chi connectivity index (χ0v) is 15.8. The van der Waals surface area contributed by atoms with E-state index in [0.29, 0.717) is 19.4 Å². The average Bonchev–Trinajstić information content (AvgIpc) is 2.96. The van der Waals surface area contributed by atoms with E-state index < -0.39 is 17.7 Å². The third kappa shape index (κ3) is 4.91. The van der Waals surface area contributed by atoms with Gasteiger partial charge in [-0.05, 0) is 37.8 Å². The van der Waals surface area contributed by atoms with E-state index in [9.17, 15) is 14.4 Å². The summed E-state index contributed by atoms with van der Waals surface area (Å²) in [7, 11) is 0. The van der Waals surface area contributed by atoms with Crippen LogP contribution in [0.25, 0.3) is 0 Å². The van der Waals surface area contributed by atoms with Gasteiger partial charge in [-0.25, -0.2) is 0 Å². The number of ketones is 1. The predicted octanol–water partition coefficient (Wildman–Crippen LogP) is 2.35. The molecule has 3 unspecified atom stereocenters. The van der Waals surface area contributed by atoms with Crippen LogP contribution in [0.2, 0.25) is 0 Å². The maximum absolute atomic E-state index is 12.4. The Labute approximate surface area is 155 Å². The van der Waals surface area contributed by atoms with Crippen LogP contribution < -0.4 is 16.0 Å². The van der Waals surface area contributed by atoms with Crippen molar-refractivity contribution in [1.29, 1.82) is 0 Å². The molecule has 1 aromatic rings. The lowest BCUT2D eigenvalue weighted by molar-refractivity contribution is -0.139. The molecule has 3 atom stereocenters. The summed E-state index contributed by atoms with van der Waals surface area (Å²) < 4.78 is 0. The zero-order chi connectivity index (χ0) is 19.1. The summed E-state index contributed by atoms with van der Waals surface area (Å²) >= 11 is 0. The molecule has 0 spiro atoms. The van der Waals surface area contributed by atoms with E-state index in [4.69, 9.17) is 0 Å². The summed E-state index contributed by atoms with van der Waals surface area (Å²) in [5.74, 6) is -1.35. The Morgan fingerprint density at radius 1 is 1.23 bits per heavy atom. The van der Waals surface area contributed by atoms with E-state index in [1.807, 2.05) is 45.0 Å². The van der Waals surface area contributed by atoms with E-state index in [1.54, 1.807) is 0 Å². The molecule has 142 valence electrons. The molecule has 1 aliphatic heterocycles. The van der Waals surface area contributed by atoms with Crippen LogP contribution in [0.3, 0.4) is 0 Å². The van der Waals surface area contributed by atoms with Crippen molar-refractivity contribution < 1.29 is 14.4 Å². The molecule has 1 aromatic carbocycles. The van der Waals surface area contributed by atoms with E-state index >= 15 is 0 Å². The van der Waals surface area contributed by atoms with Crippen LogP contribution in [0, 0.1) is 0 Å². The second-order valence-corrected chi connectivity index (χ2v) is 6.86. The van der Waals surface area contributed by atoms with Gasteiger partial charge in [0.15, 0.2) is 0 Å². The Hall–Kier alpha value is -2.21. The number of benzene rings is 1. The lowest BCUT2D eigenvalue weighted by Gasteiger charge is -2.20. The first kappa shape index (κ1) is 20.1. The minimum atomic E-state index is -0.578. The van der Waals surface area contributed by atoms with Crippen LogP contribution in [0.1, 0.15) is 57.9 Å². The van der Waals surface area contributed by atoms with Crippen molar-refractivity contribution in [3.05, 3.63) is 29.8 Å². The summed E-state index contributed by atoms with van der Waals surface area (Å²) in [6.45, 7) is 6.32. The Balaban J connectivity index is 1.87. The standard InChI is InChI=1S/C20H29N3O3/c1-4-8-17(22-13(3)5-2)18(24)20(26)21-12-11-15-14-9-6-7-10-16(14)23-19(15)25/h6-7,9-10,13,15,17,22H,4-5,8,11-12H2,1-3H3,(H,21,26)(H,23,25). The molecule has 0 fully saturated rings. The number of hydrogen-bond donors (Lipinski definition) is 3. The Kier molecular flexibility index (Phi) is 7.33. The molecule has 0 saturated carbocycles. The molecule has 6 heteroatoms. The average molecular weight is 359 g/mol. The largest absolute Gasteiger partial charge is 0.349 e. The molecule has 3 N–H and O–H groups in total.